The number of hydrogen-bond donors (Lipinski definition) is 1. The number of aryl methyl sites for hydroxylation is 1. The average molecular weight is 295 g/mol. The van der Waals surface area contributed by atoms with Gasteiger partial charge in [0.1, 0.15) is 11.9 Å². The molecule has 0 amide bonds. The summed E-state index contributed by atoms with van der Waals surface area (Å²) < 4.78 is 6.35. The maximum absolute atomic E-state index is 6.35. The smallest absolute Gasteiger partial charge is 0.137 e. The highest BCUT2D eigenvalue weighted by atomic mass is 32.1. The van der Waals surface area contributed by atoms with E-state index in [9.17, 15) is 0 Å². The summed E-state index contributed by atoms with van der Waals surface area (Å²) >= 11 is 1.87. The van der Waals surface area contributed by atoms with Crippen molar-refractivity contribution in [3.63, 3.8) is 0 Å². The summed E-state index contributed by atoms with van der Waals surface area (Å²) in [5, 5.41) is 5.86. The van der Waals surface area contributed by atoms with E-state index in [4.69, 9.17) is 4.74 Å². The second kappa shape index (κ2) is 5.17. The highest BCUT2D eigenvalue weighted by Crippen LogP contribution is 2.35. The maximum atomic E-state index is 6.35. The summed E-state index contributed by atoms with van der Waals surface area (Å²) in [6, 6.07) is 16.9. The van der Waals surface area contributed by atoms with Gasteiger partial charge in [-0.05, 0) is 24.4 Å². The van der Waals surface area contributed by atoms with Crippen LogP contribution in [-0.4, -0.2) is 6.54 Å². The molecule has 1 atom stereocenters. The van der Waals surface area contributed by atoms with Gasteiger partial charge in [0, 0.05) is 33.8 Å². The summed E-state index contributed by atoms with van der Waals surface area (Å²) in [6.45, 7) is 3.99. The lowest BCUT2D eigenvalue weighted by Crippen LogP contribution is -2.30. The minimum Gasteiger partial charge on any atom is -0.484 e. The van der Waals surface area contributed by atoms with Gasteiger partial charge in [0.05, 0.1) is 0 Å². The summed E-state index contributed by atoms with van der Waals surface area (Å²) in [4.78, 5) is 2.76. The van der Waals surface area contributed by atoms with Crippen LogP contribution in [0.5, 0.6) is 5.75 Å². The van der Waals surface area contributed by atoms with Crippen LogP contribution in [0, 0.1) is 6.92 Å². The highest BCUT2D eigenvalue weighted by molar-refractivity contribution is 7.12. The molecule has 2 nitrogen and oxygen atoms in total. The molecule has 3 aromatic rings. The lowest BCUT2D eigenvalue weighted by molar-refractivity contribution is 0.195. The van der Waals surface area contributed by atoms with Crippen molar-refractivity contribution in [1.82, 2.24) is 5.32 Å². The van der Waals surface area contributed by atoms with Crippen molar-refractivity contribution in [2.45, 2.75) is 19.6 Å². The van der Waals surface area contributed by atoms with Crippen LogP contribution in [0.1, 0.15) is 21.4 Å². The molecule has 1 N–H and O–H groups in total. The van der Waals surface area contributed by atoms with Crippen LogP contribution in [-0.2, 0) is 6.54 Å². The number of nitrogens with one attached hydrogen (secondary N) is 1. The largest absolute Gasteiger partial charge is 0.484 e. The van der Waals surface area contributed by atoms with Crippen LogP contribution in [0.4, 0.5) is 0 Å². The Labute approximate surface area is 128 Å². The van der Waals surface area contributed by atoms with Crippen molar-refractivity contribution < 1.29 is 4.74 Å². The van der Waals surface area contributed by atoms with Crippen LogP contribution in [0.3, 0.4) is 0 Å². The zero-order valence-corrected chi connectivity index (χ0v) is 12.7. The van der Waals surface area contributed by atoms with E-state index in [0.717, 1.165) is 18.8 Å². The van der Waals surface area contributed by atoms with Crippen molar-refractivity contribution in [3.05, 3.63) is 63.8 Å². The van der Waals surface area contributed by atoms with Gasteiger partial charge in [0.25, 0.3) is 0 Å². The minimum atomic E-state index is 0.101. The molecule has 4 rings (SSSR count). The van der Waals surface area contributed by atoms with E-state index >= 15 is 0 Å². The molecule has 1 aliphatic rings. The van der Waals surface area contributed by atoms with E-state index in [2.05, 4.69) is 60.8 Å². The van der Waals surface area contributed by atoms with Gasteiger partial charge in [-0.2, -0.15) is 0 Å². The zero-order chi connectivity index (χ0) is 14.2. The van der Waals surface area contributed by atoms with Gasteiger partial charge in [0.15, 0.2) is 0 Å². The Morgan fingerprint density at radius 2 is 2.00 bits per heavy atom. The molecule has 106 valence electrons. The molecule has 3 heteroatoms. The summed E-state index contributed by atoms with van der Waals surface area (Å²) in [7, 11) is 0. The summed E-state index contributed by atoms with van der Waals surface area (Å²) in [5.74, 6) is 0.969. The third-order valence-corrected chi connectivity index (χ3v) is 5.01. The molecular formula is C18H17NOS. The normalized spacial score (nSPS) is 17.7. The lowest BCUT2D eigenvalue weighted by Gasteiger charge is -2.25. The second-order valence-corrected chi connectivity index (χ2v) is 6.79. The number of benzene rings is 2. The van der Waals surface area contributed by atoms with Gasteiger partial charge in [0.2, 0.25) is 0 Å². The van der Waals surface area contributed by atoms with Crippen LogP contribution in [0.25, 0.3) is 10.8 Å². The molecule has 2 heterocycles. The molecule has 0 aliphatic carbocycles. The van der Waals surface area contributed by atoms with Gasteiger partial charge in [-0.15, -0.1) is 11.3 Å². The van der Waals surface area contributed by atoms with E-state index in [0.29, 0.717) is 0 Å². The van der Waals surface area contributed by atoms with Crippen LogP contribution in [0.2, 0.25) is 0 Å². The first-order valence-corrected chi connectivity index (χ1v) is 8.07. The quantitative estimate of drug-likeness (QED) is 0.755. The predicted octanol–water partition coefficient (Wildman–Crippen LogP) is 4.43. The molecule has 0 saturated carbocycles. The van der Waals surface area contributed by atoms with Crippen LogP contribution >= 0.6 is 11.3 Å². The van der Waals surface area contributed by atoms with Gasteiger partial charge in [-0.1, -0.05) is 36.4 Å². The van der Waals surface area contributed by atoms with Crippen molar-refractivity contribution >= 4 is 22.1 Å². The Kier molecular flexibility index (Phi) is 3.17. The van der Waals surface area contributed by atoms with Crippen molar-refractivity contribution in [3.8, 4) is 5.75 Å². The zero-order valence-electron chi connectivity index (χ0n) is 11.9. The van der Waals surface area contributed by atoms with E-state index in [1.165, 1.54) is 26.1 Å². The fourth-order valence-electron chi connectivity index (χ4n) is 2.98. The number of thiophene rings is 1. The van der Waals surface area contributed by atoms with Crippen LogP contribution < -0.4 is 10.1 Å². The Morgan fingerprint density at radius 1 is 1.14 bits per heavy atom. The molecule has 21 heavy (non-hydrogen) atoms. The van der Waals surface area contributed by atoms with E-state index in [1.807, 2.05) is 11.3 Å². The van der Waals surface area contributed by atoms with Crippen molar-refractivity contribution in [1.29, 1.82) is 0 Å². The van der Waals surface area contributed by atoms with Crippen molar-refractivity contribution in [2.75, 3.05) is 6.54 Å². The fourth-order valence-corrected chi connectivity index (χ4v) is 4.03. The first-order valence-electron chi connectivity index (χ1n) is 7.25. The molecule has 1 unspecified atom stereocenters. The Balaban J connectivity index is 1.73. The third-order valence-electron chi connectivity index (χ3n) is 3.95. The van der Waals surface area contributed by atoms with Gasteiger partial charge in [-0.25, -0.2) is 0 Å². The maximum Gasteiger partial charge on any atom is 0.137 e. The van der Waals surface area contributed by atoms with Gasteiger partial charge >= 0.3 is 0 Å². The van der Waals surface area contributed by atoms with Crippen molar-refractivity contribution in [2.24, 2.45) is 0 Å². The lowest BCUT2D eigenvalue weighted by atomic mass is 10.1. The Hall–Kier alpha value is -1.84. The number of hydrogen-bond acceptors (Lipinski definition) is 3. The third kappa shape index (κ3) is 2.33. The molecule has 0 radical (unpaired) electrons. The Bertz CT molecular complexity index is 788. The molecule has 0 spiro atoms. The molecule has 2 aromatic carbocycles. The molecule has 0 bridgehead atoms. The molecular weight excluding hydrogens is 278 g/mol. The number of fused-ring (bicyclic) bond motifs is 2. The molecule has 1 aliphatic heterocycles. The molecule has 0 fully saturated rings. The first-order chi connectivity index (χ1) is 10.3. The Morgan fingerprint density at radius 3 is 2.95 bits per heavy atom. The SMILES string of the molecule is Cc1cc2c(s1)CNCC2Oc1cccc2ccccc12. The first kappa shape index (κ1) is 12.9. The molecule has 1 aromatic heterocycles. The second-order valence-electron chi connectivity index (χ2n) is 5.45. The summed E-state index contributed by atoms with van der Waals surface area (Å²) in [5.41, 5.74) is 1.35. The monoisotopic (exact) mass is 295 g/mol. The van der Waals surface area contributed by atoms with E-state index < -0.39 is 0 Å². The molecule has 0 saturated heterocycles. The topological polar surface area (TPSA) is 21.3 Å². The fraction of sp³-hybridized carbons (Fsp3) is 0.222. The van der Waals surface area contributed by atoms with E-state index in [1.54, 1.807) is 0 Å². The highest BCUT2D eigenvalue weighted by Gasteiger charge is 2.24. The number of rotatable bonds is 2. The average Bonchev–Trinajstić information content (AvgIpc) is 2.89. The standard InChI is InChI=1S/C18H17NOS/c1-12-9-15-17(10-19-11-18(15)21-12)20-16-8-4-6-13-5-2-3-7-14(13)16/h2-9,17,19H,10-11H2,1H3. The predicted molar refractivity (Wildman–Crippen MR) is 88.1 cm³/mol. The summed E-state index contributed by atoms with van der Waals surface area (Å²) in [6.07, 6.45) is 0.101. The van der Waals surface area contributed by atoms with Crippen LogP contribution in [0.15, 0.2) is 48.5 Å². The van der Waals surface area contributed by atoms with Gasteiger partial charge in [-0.3, -0.25) is 0 Å². The van der Waals surface area contributed by atoms with E-state index in [-0.39, 0.29) is 6.10 Å². The number of ether oxygens (including phenoxy) is 1. The minimum absolute atomic E-state index is 0.101. The van der Waals surface area contributed by atoms with Gasteiger partial charge < -0.3 is 10.1 Å².